The number of nitriles is 1. The molecule has 0 atom stereocenters. The molecule has 5 N–H and O–H groups in total. The molecule has 0 bridgehead atoms. The number of anilines is 3. The molecule has 0 amide bonds. The van der Waals surface area contributed by atoms with Crippen molar-refractivity contribution in [3.63, 3.8) is 0 Å². The Labute approximate surface area is 127 Å². The highest BCUT2D eigenvalue weighted by atomic mass is 79.9. The number of hydrogen-bond donors (Lipinski definition) is 4. The van der Waals surface area contributed by atoms with Gasteiger partial charge in [0.15, 0.2) is 5.65 Å². The molecular weight excluding hydrogens is 336 g/mol. The summed E-state index contributed by atoms with van der Waals surface area (Å²) in [4.78, 5) is 8.41. The zero-order chi connectivity index (χ0) is 14.8. The first-order valence-electron chi connectivity index (χ1n) is 5.85. The molecule has 0 aliphatic heterocycles. The lowest BCUT2D eigenvalue weighted by Gasteiger charge is -2.10. The van der Waals surface area contributed by atoms with Crippen LogP contribution in [-0.4, -0.2) is 20.2 Å². The van der Waals surface area contributed by atoms with Crippen LogP contribution in [0.5, 0.6) is 0 Å². The Hall–Kier alpha value is -2.70. The molecule has 104 valence electrons. The van der Waals surface area contributed by atoms with Crippen molar-refractivity contribution >= 4 is 44.4 Å². The van der Waals surface area contributed by atoms with Gasteiger partial charge >= 0.3 is 0 Å². The molecule has 0 aliphatic carbocycles. The number of aromatic nitrogens is 4. The number of hydrogen-bond acceptors (Lipinski definition) is 7. The number of nitrogens with two attached hydrogens (primary N) is 1. The van der Waals surface area contributed by atoms with Crippen LogP contribution in [0.1, 0.15) is 5.56 Å². The van der Waals surface area contributed by atoms with Gasteiger partial charge in [-0.15, -0.1) is 0 Å². The van der Waals surface area contributed by atoms with E-state index >= 15 is 0 Å². The molecule has 2 aromatic heterocycles. The Balaban J connectivity index is 2.05. The van der Waals surface area contributed by atoms with Gasteiger partial charge in [0.05, 0.1) is 28.9 Å². The topological polar surface area (TPSA) is 128 Å². The number of rotatable bonds is 3. The first kappa shape index (κ1) is 13.3. The van der Waals surface area contributed by atoms with Crippen LogP contribution in [0.4, 0.5) is 17.5 Å². The summed E-state index contributed by atoms with van der Waals surface area (Å²) in [7, 11) is 0. The van der Waals surface area contributed by atoms with Gasteiger partial charge in [-0.1, -0.05) is 0 Å². The molecule has 9 heteroatoms. The van der Waals surface area contributed by atoms with E-state index in [1.807, 2.05) is 0 Å². The lowest BCUT2D eigenvalue weighted by Crippen LogP contribution is -2.11. The van der Waals surface area contributed by atoms with Crippen LogP contribution >= 0.6 is 15.9 Å². The van der Waals surface area contributed by atoms with Crippen molar-refractivity contribution in [1.82, 2.24) is 20.2 Å². The van der Waals surface area contributed by atoms with E-state index in [0.717, 1.165) is 15.5 Å². The van der Waals surface area contributed by atoms with Crippen molar-refractivity contribution in [3.05, 3.63) is 34.4 Å². The van der Waals surface area contributed by atoms with Crippen molar-refractivity contribution in [1.29, 1.82) is 5.26 Å². The van der Waals surface area contributed by atoms with E-state index in [1.54, 1.807) is 24.4 Å². The first-order valence-corrected chi connectivity index (χ1v) is 6.65. The fourth-order valence-corrected chi connectivity index (χ4v) is 2.29. The van der Waals surface area contributed by atoms with Gasteiger partial charge in [0.1, 0.15) is 5.82 Å². The van der Waals surface area contributed by atoms with Gasteiger partial charge in [0.2, 0.25) is 5.95 Å². The first-order chi connectivity index (χ1) is 10.2. The highest BCUT2D eigenvalue weighted by Gasteiger charge is 2.11. The van der Waals surface area contributed by atoms with Gasteiger partial charge in [-0.05, 0) is 34.1 Å². The molecule has 0 radical (unpaired) electrons. The van der Waals surface area contributed by atoms with Crippen LogP contribution in [0, 0.1) is 11.3 Å². The molecule has 3 aromatic rings. The summed E-state index contributed by atoms with van der Waals surface area (Å²) in [6.07, 6.45) is 1.62. The lowest BCUT2D eigenvalue weighted by molar-refractivity contribution is 1.08. The fourth-order valence-electron chi connectivity index (χ4n) is 1.81. The van der Waals surface area contributed by atoms with Gasteiger partial charge in [-0.25, -0.2) is 5.84 Å². The van der Waals surface area contributed by atoms with E-state index in [9.17, 15) is 0 Å². The molecule has 21 heavy (non-hydrogen) atoms. The largest absolute Gasteiger partial charge is 0.339 e. The maximum Gasteiger partial charge on any atom is 0.241 e. The maximum absolute atomic E-state index is 8.88. The summed E-state index contributed by atoms with van der Waals surface area (Å²) in [5.74, 6) is 6.17. The number of nitrogens with one attached hydrogen (secondary N) is 3. The molecule has 0 unspecified atom stereocenters. The molecule has 0 spiro atoms. The highest BCUT2D eigenvalue weighted by molar-refractivity contribution is 9.10. The maximum atomic E-state index is 8.88. The van der Waals surface area contributed by atoms with E-state index < -0.39 is 0 Å². The number of H-pyrrole nitrogens is 1. The Morgan fingerprint density at radius 3 is 2.90 bits per heavy atom. The van der Waals surface area contributed by atoms with Crippen LogP contribution in [0.2, 0.25) is 0 Å². The SMILES string of the molecule is N#Cc1ccc(Nc2nc(NN)nc3[nH]ncc23)c(Br)c1. The number of halogens is 1. The zero-order valence-electron chi connectivity index (χ0n) is 10.6. The Morgan fingerprint density at radius 1 is 1.33 bits per heavy atom. The van der Waals surface area contributed by atoms with E-state index in [1.165, 1.54) is 0 Å². The molecule has 1 aromatic carbocycles. The monoisotopic (exact) mass is 344 g/mol. The van der Waals surface area contributed by atoms with Crippen LogP contribution in [-0.2, 0) is 0 Å². The van der Waals surface area contributed by atoms with E-state index in [4.69, 9.17) is 11.1 Å². The van der Waals surface area contributed by atoms with Gasteiger partial charge in [-0.3, -0.25) is 10.5 Å². The summed E-state index contributed by atoms with van der Waals surface area (Å²) < 4.78 is 0.749. The lowest BCUT2D eigenvalue weighted by atomic mass is 10.2. The molecule has 0 fully saturated rings. The standard InChI is InChI=1S/C12H9BrN8/c13-8-3-6(4-14)1-2-9(8)17-10-7-5-16-21-11(7)19-12(18-10)20-15/h1-3,5H,15H2,(H3,16,17,18,19,20,21). The van der Waals surface area contributed by atoms with Crippen molar-refractivity contribution in [2.45, 2.75) is 0 Å². The molecule has 0 saturated heterocycles. The minimum atomic E-state index is 0.263. The molecular formula is C12H9BrN8. The Morgan fingerprint density at radius 2 is 2.19 bits per heavy atom. The van der Waals surface area contributed by atoms with Crippen molar-refractivity contribution in [2.24, 2.45) is 5.84 Å². The Bertz CT molecular complexity index is 850. The Kier molecular flexibility index (Phi) is 3.39. The summed E-state index contributed by atoms with van der Waals surface area (Å²) in [5.41, 5.74) is 4.29. The molecule has 2 heterocycles. The normalized spacial score (nSPS) is 10.3. The molecule has 8 nitrogen and oxygen atoms in total. The third kappa shape index (κ3) is 2.49. The summed E-state index contributed by atoms with van der Waals surface area (Å²) in [6, 6.07) is 7.29. The number of nitrogens with zero attached hydrogens (tertiary/aromatic N) is 4. The molecule has 0 saturated carbocycles. The average molecular weight is 345 g/mol. The van der Waals surface area contributed by atoms with Crippen LogP contribution in [0.25, 0.3) is 11.0 Å². The van der Waals surface area contributed by atoms with Gasteiger partial charge < -0.3 is 5.32 Å². The quantitative estimate of drug-likeness (QED) is 0.422. The van der Waals surface area contributed by atoms with Crippen molar-refractivity contribution < 1.29 is 0 Å². The van der Waals surface area contributed by atoms with E-state index in [2.05, 4.69) is 52.9 Å². The third-order valence-corrected chi connectivity index (χ3v) is 3.45. The van der Waals surface area contributed by atoms with Crippen LogP contribution < -0.4 is 16.6 Å². The van der Waals surface area contributed by atoms with Gasteiger partial charge in [0, 0.05) is 4.47 Å². The minimum absolute atomic E-state index is 0.263. The van der Waals surface area contributed by atoms with Crippen molar-refractivity contribution in [3.8, 4) is 6.07 Å². The second kappa shape index (κ2) is 5.35. The van der Waals surface area contributed by atoms with E-state index in [-0.39, 0.29) is 5.95 Å². The fraction of sp³-hybridized carbons (Fsp3) is 0. The minimum Gasteiger partial charge on any atom is -0.339 e. The second-order valence-electron chi connectivity index (χ2n) is 4.10. The van der Waals surface area contributed by atoms with Gasteiger partial charge in [0.25, 0.3) is 0 Å². The second-order valence-corrected chi connectivity index (χ2v) is 4.96. The number of nitrogen functional groups attached to an aromatic ring is 1. The summed E-state index contributed by atoms with van der Waals surface area (Å²) in [6.45, 7) is 0. The summed E-state index contributed by atoms with van der Waals surface area (Å²) >= 11 is 3.42. The third-order valence-electron chi connectivity index (χ3n) is 2.79. The highest BCUT2D eigenvalue weighted by Crippen LogP contribution is 2.29. The predicted molar refractivity (Wildman–Crippen MR) is 81.6 cm³/mol. The van der Waals surface area contributed by atoms with Gasteiger partial charge in [-0.2, -0.15) is 20.3 Å². The molecule has 3 rings (SSSR count). The predicted octanol–water partition coefficient (Wildman–Crippen LogP) is 2.02. The number of hydrazine groups is 1. The summed E-state index contributed by atoms with van der Waals surface area (Å²) in [5, 5.41) is 19.5. The number of aromatic amines is 1. The van der Waals surface area contributed by atoms with Crippen LogP contribution in [0.15, 0.2) is 28.9 Å². The number of benzene rings is 1. The van der Waals surface area contributed by atoms with Crippen molar-refractivity contribution in [2.75, 3.05) is 10.7 Å². The van der Waals surface area contributed by atoms with E-state index in [0.29, 0.717) is 17.0 Å². The number of fused-ring (bicyclic) bond motifs is 1. The smallest absolute Gasteiger partial charge is 0.241 e. The zero-order valence-corrected chi connectivity index (χ0v) is 12.1. The molecule has 0 aliphatic rings. The average Bonchev–Trinajstić information content (AvgIpc) is 2.97. The van der Waals surface area contributed by atoms with Crippen LogP contribution in [0.3, 0.4) is 0 Å².